The highest BCUT2D eigenvalue weighted by molar-refractivity contribution is 5.92. The minimum atomic E-state index is 0.0206. The van der Waals surface area contributed by atoms with Gasteiger partial charge in [0.05, 0.1) is 17.1 Å². The van der Waals surface area contributed by atoms with Gasteiger partial charge in [0.25, 0.3) is 0 Å². The van der Waals surface area contributed by atoms with E-state index in [9.17, 15) is 4.79 Å². The third-order valence-corrected chi connectivity index (χ3v) is 5.01. The zero-order chi connectivity index (χ0) is 17.9. The molecule has 0 radical (unpaired) electrons. The van der Waals surface area contributed by atoms with Crippen molar-refractivity contribution in [3.63, 3.8) is 0 Å². The number of piperidine rings is 1. The van der Waals surface area contributed by atoms with E-state index in [2.05, 4.69) is 15.6 Å². The Morgan fingerprint density at radius 1 is 1.19 bits per heavy atom. The molecule has 0 aliphatic carbocycles. The number of aromatic nitrogens is 3. The Balaban J connectivity index is 1.62. The second kappa shape index (κ2) is 7.12. The molecule has 5 heteroatoms. The summed E-state index contributed by atoms with van der Waals surface area (Å²) in [6.45, 7) is 0.768. The van der Waals surface area contributed by atoms with Crippen molar-refractivity contribution in [1.82, 2.24) is 19.4 Å². The summed E-state index contributed by atoms with van der Waals surface area (Å²) in [5.41, 5.74) is 3.01. The number of amides is 1. The zero-order valence-electron chi connectivity index (χ0n) is 14.9. The van der Waals surface area contributed by atoms with E-state index in [1.54, 1.807) is 18.5 Å². The molecule has 1 amide bonds. The van der Waals surface area contributed by atoms with Gasteiger partial charge in [0.2, 0.25) is 5.91 Å². The molecule has 1 aliphatic heterocycles. The van der Waals surface area contributed by atoms with Crippen molar-refractivity contribution in [2.24, 2.45) is 7.05 Å². The van der Waals surface area contributed by atoms with Gasteiger partial charge in [-0.15, -0.1) is 0 Å². The molecule has 2 aromatic heterocycles. The molecule has 3 heterocycles. The number of hydrogen-bond donors (Lipinski definition) is 0. The third-order valence-electron chi connectivity index (χ3n) is 5.01. The van der Waals surface area contributed by atoms with E-state index in [1.165, 1.54) is 0 Å². The van der Waals surface area contributed by atoms with Crippen molar-refractivity contribution in [3.8, 4) is 0 Å². The Hall–Kier alpha value is -2.95. The smallest absolute Gasteiger partial charge is 0.247 e. The second-order valence-electron chi connectivity index (χ2n) is 6.68. The molecule has 0 N–H and O–H groups in total. The Morgan fingerprint density at radius 3 is 2.88 bits per heavy atom. The first-order valence-electron chi connectivity index (χ1n) is 9.04. The van der Waals surface area contributed by atoms with Crippen LogP contribution in [-0.2, 0) is 11.8 Å². The van der Waals surface area contributed by atoms with E-state index < -0.39 is 0 Å². The molecule has 26 heavy (non-hydrogen) atoms. The van der Waals surface area contributed by atoms with Crippen LogP contribution in [0.4, 0.5) is 0 Å². The normalized spacial score (nSPS) is 17.9. The van der Waals surface area contributed by atoms with Gasteiger partial charge in [0.15, 0.2) is 0 Å². The van der Waals surface area contributed by atoms with Crippen LogP contribution < -0.4 is 0 Å². The lowest BCUT2D eigenvalue weighted by Crippen LogP contribution is -2.38. The summed E-state index contributed by atoms with van der Waals surface area (Å²) in [7, 11) is 2.04. The number of benzene rings is 1. The fourth-order valence-electron chi connectivity index (χ4n) is 3.66. The van der Waals surface area contributed by atoms with Crippen LogP contribution in [0, 0.1) is 0 Å². The number of para-hydroxylation sites is 2. The molecule has 1 fully saturated rings. The van der Waals surface area contributed by atoms with Crippen molar-refractivity contribution in [2.75, 3.05) is 6.54 Å². The molecule has 1 saturated heterocycles. The summed E-state index contributed by atoms with van der Waals surface area (Å²) >= 11 is 0. The topological polar surface area (TPSA) is 51.0 Å². The Bertz CT molecular complexity index is 945. The first-order chi connectivity index (χ1) is 12.7. The van der Waals surface area contributed by atoms with Gasteiger partial charge in [0.1, 0.15) is 5.82 Å². The lowest BCUT2D eigenvalue weighted by molar-refractivity contribution is -0.129. The molecule has 5 nitrogen and oxygen atoms in total. The molecule has 1 aliphatic rings. The van der Waals surface area contributed by atoms with Crippen molar-refractivity contribution >= 4 is 23.0 Å². The predicted molar refractivity (Wildman–Crippen MR) is 102 cm³/mol. The van der Waals surface area contributed by atoms with Crippen LogP contribution in [0.25, 0.3) is 17.1 Å². The van der Waals surface area contributed by atoms with Crippen molar-refractivity contribution in [1.29, 1.82) is 0 Å². The van der Waals surface area contributed by atoms with Crippen LogP contribution in [0.15, 0.2) is 54.9 Å². The number of fused-ring (bicyclic) bond motifs is 1. The zero-order valence-corrected chi connectivity index (χ0v) is 14.9. The minimum absolute atomic E-state index is 0.0206. The van der Waals surface area contributed by atoms with Crippen LogP contribution in [0.5, 0.6) is 0 Å². The number of nitrogens with zero attached hydrogens (tertiary/aromatic N) is 4. The Kier molecular flexibility index (Phi) is 4.52. The average molecular weight is 346 g/mol. The molecule has 1 atom stereocenters. The fourth-order valence-corrected chi connectivity index (χ4v) is 3.66. The molecular weight excluding hydrogens is 324 g/mol. The Morgan fingerprint density at radius 2 is 2.08 bits per heavy atom. The maximum absolute atomic E-state index is 12.9. The standard InChI is InChI=1S/C21H22N4O/c1-24-18-9-3-2-8-17(18)23-21(24)19-10-4-5-14-25(19)20(26)12-11-16-7-6-13-22-15-16/h2-3,6-9,11-13,15,19H,4-5,10,14H2,1H3/b12-11-/t19-/m0/s1. The Labute approximate surface area is 153 Å². The molecule has 3 aromatic rings. The van der Waals surface area contributed by atoms with E-state index in [1.807, 2.05) is 48.4 Å². The molecule has 4 rings (SSSR count). The monoisotopic (exact) mass is 346 g/mol. The molecule has 0 spiro atoms. The van der Waals surface area contributed by atoms with E-state index in [-0.39, 0.29) is 11.9 Å². The number of likely N-dealkylation sites (tertiary alicyclic amines) is 1. The van der Waals surface area contributed by atoms with Crippen molar-refractivity contribution < 1.29 is 4.79 Å². The molecule has 0 bridgehead atoms. The van der Waals surface area contributed by atoms with E-state index in [0.29, 0.717) is 0 Å². The van der Waals surface area contributed by atoms with Gasteiger partial charge in [-0.2, -0.15) is 0 Å². The van der Waals surface area contributed by atoms with Gasteiger partial charge in [-0.3, -0.25) is 9.78 Å². The number of pyridine rings is 1. The van der Waals surface area contributed by atoms with Crippen LogP contribution in [-0.4, -0.2) is 31.9 Å². The summed E-state index contributed by atoms with van der Waals surface area (Å²) in [5, 5.41) is 0. The average Bonchev–Trinajstić information content (AvgIpc) is 3.04. The van der Waals surface area contributed by atoms with Crippen LogP contribution in [0.2, 0.25) is 0 Å². The third kappa shape index (κ3) is 3.12. The summed E-state index contributed by atoms with van der Waals surface area (Å²) < 4.78 is 2.12. The van der Waals surface area contributed by atoms with Gasteiger partial charge in [-0.1, -0.05) is 18.2 Å². The minimum Gasteiger partial charge on any atom is -0.329 e. The molecule has 0 saturated carbocycles. The highest BCUT2D eigenvalue weighted by atomic mass is 16.2. The van der Waals surface area contributed by atoms with Gasteiger partial charge in [-0.05, 0) is 49.1 Å². The van der Waals surface area contributed by atoms with E-state index in [4.69, 9.17) is 4.98 Å². The lowest BCUT2D eigenvalue weighted by Gasteiger charge is -2.34. The van der Waals surface area contributed by atoms with Gasteiger partial charge >= 0.3 is 0 Å². The summed E-state index contributed by atoms with van der Waals surface area (Å²) in [6.07, 6.45) is 10.1. The number of carbonyl (C=O) groups excluding carboxylic acids is 1. The van der Waals surface area contributed by atoms with Crippen molar-refractivity contribution in [2.45, 2.75) is 25.3 Å². The molecule has 1 aromatic carbocycles. The highest BCUT2D eigenvalue weighted by Crippen LogP contribution is 2.32. The van der Waals surface area contributed by atoms with Gasteiger partial charge in [-0.25, -0.2) is 4.98 Å². The van der Waals surface area contributed by atoms with Crippen LogP contribution >= 0.6 is 0 Å². The highest BCUT2D eigenvalue weighted by Gasteiger charge is 2.30. The van der Waals surface area contributed by atoms with Crippen LogP contribution in [0.3, 0.4) is 0 Å². The second-order valence-corrected chi connectivity index (χ2v) is 6.68. The molecular formula is C21H22N4O. The first-order valence-corrected chi connectivity index (χ1v) is 9.04. The van der Waals surface area contributed by atoms with E-state index >= 15 is 0 Å². The van der Waals surface area contributed by atoms with Gasteiger partial charge in [0, 0.05) is 32.1 Å². The quantitative estimate of drug-likeness (QED) is 0.679. The fraction of sp³-hybridized carbons (Fsp3) is 0.286. The van der Waals surface area contributed by atoms with Crippen molar-refractivity contribution in [3.05, 3.63) is 66.3 Å². The lowest BCUT2D eigenvalue weighted by atomic mass is 10.0. The van der Waals surface area contributed by atoms with Gasteiger partial charge < -0.3 is 9.47 Å². The largest absolute Gasteiger partial charge is 0.329 e. The SMILES string of the molecule is Cn1c([C@@H]2CCCCN2C(=O)/C=C\c2cccnc2)nc2ccccc21. The summed E-state index contributed by atoms with van der Waals surface area (Å²) in [5.74, 6) is 1.000. The predicted octanol–water partition coefficient (Wildman–Crippen LogP) is 3.74. The molecule has 0 unspecified atom stereocenters. The summed E-state index contributed by atoms with van der Waals surface area (Å²) in [6, 6.07) is 11.9. The van der Waals surface area contributed by atoms with E-state index in [0.717, 1.165) is 48.2 Å². The summed E-state index contributed by atoms with van der Waals surface area (Å²) in [4.78, 5) is 23.7. The molecule has 132 valence electrons. The van der Waals surface area contributed by atoms with Crippen LogP contribution in [0.1, 0.15) is 36.7 Å². The number of hydrogen-bond acceptors (Lipinski definition) is 3. The number of carbonyl (C=O) groups is 1. The first kappa shape index (κ1) is 16.5. The maximum atomic E-state index is 12.9. The number of rotatable bonds is 3. The number of imidazole rings is 1. The number of aryl methyl sites for hydroxylation is 1. The maximum Gasteiger partial charge on any atom is 0.247 e.